The number of nitrogens with one attached hydrogen (secondary N) is 1. The molecule has 0 radical (unpaired) electrons. The molecule has 1 heterocycles. The first-order chi connectivity index (χ1) is 11.1. The van der Waals surface area contributed by atoms with Crippen LogP contribution < -0.4 is 10.1 Å². The SMILES string of the molecule is CCOC(=O)N1CCN(CC(=O)Nc2ccc(OC)cc2)CC1.Cl. The van der Waals surface area contributed by atoms with Crippen LogP contribution in [0, 0.1) is 0 Å². The van der Waals surface area contributed by atoms with Crippen molar-refractivity contribution >= 4 is 30.1 Å². The second-order valence-electron chi connectivity index (χ2n) is 5.24. The Kier molecular flexibility index (Phi) is 8.35. The summed E-state index contributed by atoms with van der Waals surface area (Å²) in [5, 5.41) is 2.85. The Labute approximate surface area is 148 Å². The largest absolute Gasteiger partial charge is 0.497 e. The van der Waals surface area contributed by atoms with Gasteiger partial charge in [-0.25, -0.2) is 4.79 Å². The molecule has 7 nitrogen and oxygen atoms in total. The minimum absolute atomic E-state index is 0. The van der Waals surface area contributed by atoms with Gasteiger partial charge in [0.15, 0.2) is 0 Å². The number of carbonyl (C=O) groups is 2. The number of ether oxygens (including phenoxy) is 2. The second-order valence-corrected chi connectivity index (χ2v) is 5.24. The average Bonchev–Trinajstić information content (AvgIpc) is 2.56. The highest BCUT2D eigenvalue weighted by molar-refractivity contribution is 5.92. The Morgan fingerprint density at radius 3 is 2.29 bits per heavy atom. The molecule has 1 aromatic carbocycles. The van der Waals surface area contributed by atoms with Crippen molar-refractivity contribution in [2.75, 3.05) is 51.8 Å². The fourth-order valence-electron chi connectivity index (χ4n) is 2.38. The van der Waals surface area contributed by atoms with Gasteiger partial charge in [-0.15, -0.1) is 12.4 Å². The number of rotatable bonds is 5. The van der Waals surface area contributed by atoms with Crippen molar-refractivity contribution in [2.45, 2.75) is 6.92 Å². The van der Waals surface area contributed by atoms with Gasteiger partial charge in [0.05, 0.1) is 20.3 Å². The summed E-state index contributed by atoms with van der Waals surface area (Å²) in [7, 11) is 1.60. The van der Waals surface area contributed by atoms with Crippen LogP contribution in [0.4, 0.5) is 10.5 Å². The number of nitrogens with zero attached hydrogens (tertiary/aromatic N) is 2. The smallest absolute Gasteiger partial charge is 0.409 e. The molecule has 2 rings (SSSR count). The lowest BCUT2D eigenvalue weighted by atomic mass is 10.3. The van der Waals surface area contributed by atoms with E-state index in [9.17, 15) is 9.59 Å². The molecule has 134 valence electrons. The highest BCUT2D eigenvalue weighted by atomic mass is 35.5. The van der Waals surface area contributed by atoms with Crippen molar-refractivity contribution < 1.29 is 19.1 Å². The maximum absolute atomic E-state index is 12.1. The quantitative estimate of drug-likeness (QED) is 0.870. The first-order valence-corrected chi connectivity index (χ1v) is 7.70. The Morgan fingerprint density at radius 1 is 1.12 bits per heavy atom. The van der Waals surface area contributed by atoms with Crippen molar-refractivity contribution in [3.05, 3.63) is 24.3 Å². The Hall–Kier alpha value is -1.99. The van der Waals surface area contributed by atoms with E-state index in [-0.39, 0.29) is 24.4 Å². The highest BCUT2D eigenvalue weighted by Gasteiger charge is 2.23. The van der Waals surface area contributed by atoms with Gasteiger partial charge in [0.1, 0.15) is 5.75 Å². The van der Waals surface area contributed by atoms with Crippen LogP contribution in [0.2, 0.25) is 0 Å². The fourth-order valence-corrected chi connectivity index (χ4v) is 2.38. The predicted molar refractivity (Wildman–Crippen MR) is 93.9 cm³/mol. The normalized spacial score (nSPS) is 14.5. The zero-order valence-corrected chi connectivity index (χ0v) is 14.8. The molecule has 1 aliphatic heterocycles. The third-order valence-electron chi connectivity index (χ3n) is 3.64. The van der Waals surface area contributed by atoms with E-state index < -0.39 is 0 Å². The van der Waals surface area contributed by atoms with Crippen molar-refractivity contribution in [1.29, 1.82) is 0 Å². The number of methoxy groups -OCH3 is 1. The van der Waals surface area contributed by atoms with E-state index in [0.29, 0.717) is 39.3 Å². The summed E-state index contributed by atoms with van der Waals surface area (Å²) >= 11 is 0. The van der Waals surface area contributed by atoms with Crippen LogP contribution in [0.3, 0.4) is 0 Å². The number of anilines is 1. The van der Waals surface area contributed by atoms with Gasteiger partial charge in [0, 0.05) is 31.9 Å². The van der Waals surface area contributed by atoms with Crippen LogP contribution >= 0.6 is 12.4 Å². The molecule has 1 fully saturated rings. The van der Waals surface area contributed by atoms with Gasteiger partial charge in [0.2, 0.25) is 5.91 Å². The number of halogens is 1. The third-order valence-corrected chi connectivity index (χ3v) is 3.64. The fraction of sp³-hybridized carbons (Fsp3) is 0.500. The Balaban J connectivity index is 0.00000288. The Morgan fingerprint density at radius 2 is 1.75 bits per heavy atom. The van der Waals surface area contributed by atoms with Gasteiger partial charge in [-0.05, 0) is 31.2 Å². The third kappa shape index (κ3) is 5.90. The zero-order valence-electron chi connectivity index (χ0n) is 14.0. The number of piperazine rings is 1. The molecule has 0 spiro atoms. The molecular formula is C16H24ClN3O4. The van der Waals surface area contributed by atoms with Crippen LogP contribution in [0.1, 0.15) is 6.92 Å². The van der Waals surface area contributed by atoms with Gasteiger partial charge in [-0.3, -0.25) is 9.69 Å². The number of hydrogen-bond acceptors (Lipinski definition) is 5. The monoisotopic (exact) mass is 357 g/mol. The van der Waals surface area contributed by atoms with E-state index in [1.807, 2.05) is 4.90 Å². The molecule has 0 aromatic heterocycles. The molecule has 1 aliphatic rings. The minimum Gasteiger partial charge on any atom is -0.497 e. The molecule has 0 aliphatic carbocycles. The molecular weight excluding hydrogens is 334 g/mol. The summed E-state index contributed by atoms with van der Waals surface area (Å²) < 4.78 is 10.1. The van der Waals surface area contributed by atoms with Crippen molar-refractivity contribution in [2.24, 2.45) is 0 Å². The van der Waals surface area contributed by atoms with Gasteiger partial charge in [0.25, 0.3) is 0 Å². The molecule has 0 bridgehead atoms. The molecule has 24 heavy (non-hydrogen) atoms. The van der Waals surface area contributed by atoms with Gasteiger partial charge in [-0.2, -0.15) is 0 Å². The average molecular weight is 358 g/mol. The standard InChI is InChI=1S/C16H23N3O4.ClH/c1-3-23-16(21)19-10-8-18(9-11-19)12-15(20)17-13-4-6-14(22-2)7-5-13;/h4-7H,3,8-12H2,1-2H3,(H,17,20);1H. The topological polar surface area (TPSA) is 71.1 Å². The summed E-state index contributed by atoms with van der Waals surface area (Å²) in [6, 6.07) is 7.20. The molecule has 2 amide bonds. The van der Waals surface area contributed by atoms with Gasteiger partial charge >= 0.3 is 6.09 Å². The zero-order chi connectivity index (χ0) is 16.7. The van der Waals surface area contributed by atoms with Crippen LogP contribution in [-0.4, -0.2) is 68.2 Å². The van der Waals surface area contributed by atoms with Gasteiger partial charge in [-0.1, -0.05) is 0 Å². The molecule has 8 heteroatoms. The lowest BCUT2D eigenvalue weighted by molar-refractivity contribution is -0.117. The van der Waals surface area contributed by atoms with Gasteiger partial charge < -0.3 is 19.7 Å². The first-order valence-electron chi connectivity index (χ1n) is 7.70. The van der Waals surface area contributed by atoms with E-state index in [4.69, 9.17) is 9.47 Å². The summed E-state index contributed by atoms with van der Waals surface area (Å²) in [5.74, 6) is 0.679. The van der Waals surface area contributed by atoms with E-state index in [1.165, 1.54) is 0 Å². The van der Waals surface area contributed by atoms with Crippen LogP contribution in [0.15, 0.2) is 24.3 Å². The van der Waals surface area contributed by atoms with E-state index in [0.717, 1.165) is 11.4 Å². The van der Waals surface area contributed by atoms with Crippen LogP contribution in [0.5, 0.6) is 5.75 Å². The Bertz CT molecular complexity index is 531. The lowest BCUT2D eigenvalue weighted by Gasteiger charge is -2.33. The van der Waals surface area contributed by atoms with Crippen molar-refractivity contribution in [3.63, 3.8) is 0 Å². The second kappa shape index (κ2) is 10.00. The molecule has 1 N–H and O–H groups in total. The number of carbonyl (C=O) groups excluding carboxylic acids is 2. The molecule has 1 saturated heterocycles. The van der Waals surface area contributed by atoms with E-state index in [2.05, 4.69) is 5.32 Å². The maximum atomic E-state index is 12.1. The molecule has 0 unspecified atom stereocenters. The molecule has 1 aromatic rings. The summed E-state index contributed by atoms with van der Waals surface area (Å²) in [4.78, 5) is 27.4. The summed E-state index contributed by atoms with van der Waals surface area (Å²) in [5.41, 5.74) is 0.737. The predicted octanol–water partition coefficient (Wildman–Crippen LogP) is 1.83. The number of amides is 2. The molecule has 0 atom stereocenters. The van der Waals surface area contributed by atoms with Crippen molar-refractivity contribution in [1.82, 2.24) is 9.80 Å². The first kappa shape index (κ1) is 20.1. The molecule has 0 saturated carbocycles. The maximum Gasteiger partial charge on any atom is 0.409 e. The summed E-state index contributed by atoms with van der Waals surface area (Å²) in [6.07, 6.45) is -0.283. The van der Waals surface area contributed by atoms with E-state index in [1.54, 1.807) is 43.2 Å². The van der Waals surface area contributed by atoms with Crippen LogP contribution in [-0.2, 0) is 9.53 Å². The highest BCUT2D eigenvalue weighted by Crippen LogP contribution is 2.15. The minimum atomic E-state index is -0.283. The van der Waals surface area contributed by atoms with Crippen LogP contribution in [0.25, 0.3) is 0 Å². The number of hydrogen-bond donors (Lipinski definition) is 1. The number of benzene rings is 1. The van der Waals surface area contributed by atoms with E-state index >= 15 is 0 Å². The lowest BCUT2D eigenvalue weighted by Crippen LogP contribution is -2.50. The van der Waals surface area contributed by atoms with Crippen molar-refractivity contribution in [3.8, 4) is 5.75 Å². The summed E-state index contributed by atoms with van der Waals surface area (Å²) in [6.45, 7) is 4.96.